The number of nitro groups is 1. The number of hydrogen-bond donors (Lipinski definition) is 1. The summed E-state index contributed by atoms with van der Waals surface area (Å²) in [5, 5.41) is 13.3. The third-order valence-corrected chi connectivity index (χ3v) is 2.69. The number of halogens is 1. The van der Waals surface area contributed by atoms with Gasteiger partial charge in [-0.3, -0.25) is 10.1 Å². The molecule has 0 unspecified atom stereocenters. The molecule has 0 aliphatic heterocycles. The third-order valence-electron chi connectivity index (χ3n) is 2.69. The Kier molecular flexibility index (Phi) is 4.17. The van der Waals surface area contributed by atoms with Crippen molar-refractivity contribution in [1.82, 2.24) is 0 Å². The van der Waals surface area contributed by atoms with Gasteiger partial charge >= 0.3 is 11.7 Å². The number of benzene rings is 1. The molecule has 1 N–H and O–H groups in total. The van der Waals surface area contributed by atoms with Crippen molar-refractivity contribution in [2.24, 2.45) is 0 Å². The number of methoxy groups -OCH3 is 1. The van der Waals surface area contributed by atoms with Crippen LogP contribution in [0, 0.1) is 15.9 Å². The Balaban J connectivity index is 2.03. The number of rotatable bonds is 5. The number of carbonyl (C=O) groups is 1. The number of anilines is 1. The van der Waals surface area contributed by atoms with Crippen LogP contribution in [0.15, 0.2) is 34.9 Å². The van der Waals surface area contributed by atoms with Crippen LogP contribution in [0.2, 0.25) is 0 Å². The summed E-state index contributed by atoms with van der Waals surface area (Å²) in [6.07, 6.45) is 1.25. The number of esters is 1. The Morgan fingerprint density at radius 1 is 1.48 bits per heavy atom. The van der Waals surface area contributed by atoms with Crippen molar-refractivity contribution in [3.63, 3.8) is 0 Å². The molecule has 0 radical (unpaired) electrons. The van der Waals surface area contributed by atoms with E-state index >= 15 is 0 Å². The molecule has 0 aliphatic carbocycles. The maximum atomic E-state index is 13.4. The van der Waals surface area contributed by atoms with E-state index in [9.17, 15) is 19.3 Å². The third kappa shape index (κ3) is 3.35. The summed E-state index contributed by atoms with van der Waals surface area (Å²) in [4.78, 5) is 20.9. The molecular formula is C13H11FN2O5. The average Bonchev–Trinajstić information content (AvgIpc) is 2.92. The second kappa shape index (κ2) is 6.04. The van der Waals surface area contributed by atoms with E-state index in [-0.39, 0.29) is 12.1 Å². The first kappa shape index (κ1) is 14.5. The minimum Gasteiger partial charge on any atom is -0.467 e. The van der Waals surface area contributed by atoms with Crippen LogP contribution in [-0.4, -0.2) is 18.0 Å². The van der Waals surface area contributed by atoms with Gasteiger partial charge in [0, 0.05) is 17.8 Å². The van der Waals surface area contributed by atoms with Crippen molar-refractivity contribution >= 4 is 17.3 Å². The first-order valence-corrected chi connectivity index (χ1v) is 5.85. The molecule has 2 aromatic rings. The molecule has 0 saturated heterocycles. The normalized spacial score (nSPS) is 10.2. The smallest absolute Gasteiger partial charge is 0.341 e. The fourth-order valence-electron chi connectivity index (χ4n) is 1.65. The van der Waals surface area contributed by atoms with Gasteiger partial charge in [0.05, 0.1) is 24.1 Å². The molecule has 1 aromatic carbocycles. The lowest BCUT2D eigenvalue weighted by Gasteiger charge is -2.04. The van der Waals surface area contributed by atoms with Crippen LogP contribution in [0.25, 0.3) is 0 Å². The van der Waals surface area contributed by atoms with Gasteiger partial charge in [-0.1, -0.05) is 0 Å². The summed E-state index contributed by atoms with van der Waals surface area (Å²) in [5.41, 5.74) is 0.0322. The lowest BCUT2D eigenvalue weighted by molar-refractivity contribution is -0.387. The maximum absolute atomic E-state index is 13.4. The molecule has 0 atom stereocenters. The van der Waals surface area contributed by atoms with Gasteiger partial charge < -0.3 is 14.5 Å². The van der Waals surface area contributed by atoms with Gasteiger partial charge in [-0.15, -0.1) is 0 Å². The topological polar surface area (TPSA) is 94.6 Å². The van der Waals surface area contributed by atoms with Crippen LogP contribution in [0.1, 0.15) is 16.1 Å². The van der Waals surface area contributed by atoms with Gasteiger partial charge in [0.25, 0.3) is 0 Å². The van der Waals surface area contributed by atoms with E-state index in [4.69, 9.17) is 4.42 Å². The molecule has 0 bridgehead atoms. The van der Waals surface area contributed by atoms with E-state index in [2.05, 4.69) is 10.1 Å². The monoisotopic (exact) mass is 294 g/mol. The van der Waals surface area contributed by atoms with Crippen molar-refractivity contribution in [3.05, 3.63) is 57.8 Å². The minimum absolute atomic E-state index is 0.189. The average molecular weight is 294 g/mol. The molecule has 2 rings (SSSR count). The van der Waals surface area contributed by atoms with Crippen LogP contribution in [-0.2, 0) is 11.3 Å². The summed E-state index contributed by atoms with van der Waals surface area (Å²) >= 11 is 0. The summed E-state index contributed by atoms with van der Waals surface area (Å²) in [6.45, 7) is 0.189. The summed E-state index contributed by atoms with van der Waals surface area (Å²) in [5.74, 6) is -1.01. The molecule has 8 heteroatoms. The van der Waals surface area contributed by atoms with Gasteiger partial charge in [-0.2, -0.15) is 4.39 Å². The quantitative estimate of drug-likeness (QED) is 0.517. The summed E-state index contributed by atoms with van der Waals surface area (Å²) < 4.78 is 23.1. The Morgan fingerprint density at radius 2 is 2.24 bits per heavy atom. The molecule has 110 valence electrons. The van der Waals surface area contributed by atoms with Crippen LogP contribution < -0.4 is 5.32 Å². The van der Waals surface area contributed by atoms with E-state index in [1.807, 2.05) is 0 Å². The van der Waals surface area contributed by atoms with Gasteiger partial charge in [-0.25, -0.2) is 4.79 Å². The highest BCUT2D eigenvalue weighted by atomic mass is 19.1. The Hall–Kier alpha value is -2.90. The lowest BCUT2D eigenvalue weighted by Crippen LogP contribution is -2.01. The summed E-state index contributed by atoms with van der Waals surface area (Å²) in [7, 11) is 1.26. The molecule has 1 aromatic heterocycles. The van der Waals surface area contributed by atoms with Crippen LogP contribution >= 0.6 is 0 Å². The number of carbonyl (C=O) groups excluding carboxylic acids is 1. The minimum atomic E-state index is -0.931. The second-order valence-corrected chi connectivity index (χ2v) is 4.07. The van der Waals surface area contributed by atoms with Crippen molar-refractivity contribution in [2.45, 2.75) is 6.54 Å². The van der Waals surface area contributed by atoms with E-state index < -0.39 is 22.4 Å². The predicted molar refractivity (Wildman–Crippen MR) is 70.4 cm³/mol. The van der Waals surface area contributed by atoms with Crippen LogP contribution in [0.4, 0.5) is 15.8 Å². The second-order valence-electron chi connectivity index (χ2n) is 4.07. The van der Waals surface area contributed by atoms with Gasteiger partial charge in [0.2, 0.25) is 5.82 Å². The molecule has 7 nitrogen and oxygen atoms in total. The molecule has 0 saturated carbocycles. The molecule has 1 heterocycles. The number of nitrogens with one attached hydrogen (secondary N) is 1. The number of hydrogen-bond acceptors (Lipinski definition) is 6. The van der Waals surface area contributed by atoms with E-state index in [1.54, 1.807) is 0 Å². The van der Waals surface area contributed by atoms with Crippen molar-refractivity contribution < 1.29 is 23.3 Å². The molecule has 0 fully saturated rings. The zero-order chi connectivity index (χ0) is 15.4. The highest BCUT2D eigenvalue weighted by molar-refractivity contribution is 5.88. The zero-order valence-corrected chi connectivity index (χ0v) is 11.0. The number of furan rings is 1. The van der Waals surface area contributed by atoms with Crippen molar-refractivity contribution in [2.75, 3.05) is 12.4 Å². The maximum Gasteiger partial charge on any atom is 0.341 e. The SMILES string of the molecule is COC(=O)c1coc(CNc2ccc([N+](=O)[O-])c(F)c2)c1. The number of nitrogens with zero attached hydrogens (tertiary/aromatic N) is 1. The Labute approximate surface area is 118 Å². The molecule has 0 amide bonds. The van der Waals surface area contributed by atoms with Crippen LogP contribution in [0.3, 0.4) is 0 Å². The lowest BCUT2D eigenvalue weighted by atomic mass is 10.2. The van der Waals surface area contributed by atoms with E-state index in [0.717, 1.165) is 12.1 Å². The van der Waals surface area contributed by atoms with Crippen molar-refractivity contribution in [1.29, 1.82) is 0 Å². The fraction of sp³-hybridized carbons (Fsp3) is 0.154. The standard InChI is InChI=1S/C13H11FN2O5/c1-20-13(17)8-4-10(21-7-8)6-15-9-2-3-12(16(18)19)11(14)5-9/h2-5,7,15H,6H2,1H3. The number of ether oxygens (including phenoxy) is 1. The predicted octanol–water partition coefficient (Wildman–Crippen LogP) is 2.73. The van der Waals surface area contributed by atoms with Crippen LogP contribution in [0.5, 0.6) is 0 Å². The molecule has 0 spiro atoms. The first-order chi connectivity index (χ1) is 10.0. The Morgan fingerprint density at radius 3 is 2.86 bits per heavy atom. The van der Waals surface area contributed by atoms with E-state index in [0.29, 0.717) is 11.4 Å². The van der Waals surface area contributed by atoms with Gasteiger partial charge in [-0.05, 0) is 12.1 Å². The van der Waals surface area contributed by atoms with E-state index in [1.165, 1.54) is 25.5 Å². The Bertz CT molecular complexity index is 683. The largest absolute Gasteiger partial charge is 0.467 e. The molecule has 0 aliphatic rings. The molecular weight excluding hydrogens is 283 g/mol. The first-order valence-electron chi connectivity index (χ1n) is 5.85. The summed E-state index contributed by atoms with van der Waals surface area (Å²) in [6, 6.07) is 4.95. The van der Waals surface area contributed by atoms with Gasteiger partial charge in [0.1, 0.15) is 12.0 Å². The highest BCUT2D eigenvalue weighted by Gasteiger charge is 2.14. The number of nitro benzene ring substituents is 1. The van der Waals surface area contributed by atoms with Crippen molar-refractivity contribution in [3.8, 4) is 0 Å². The van der Waals surface area contributed by atoms with Gasteiger partial charge in [0.15, 0.2) is 0 Å². The zero-order valence-electron chi connectivity index (χ0n) is 11.0. The fourth-order valence-corrected chi connectivity index (χ4v) is 1.65. The highest BCUT2D eigenvalue weighted by Crippen LogP contribution is 2.21. The molecule has 21 heavy (non-hydrogen) atoms.